The second-order valence-corrected chi connectivity index (χ2v) is 16.4. The first kappa shape index (κ1) is 14.4. The van der Waals surface area contributed by atoms with Crippen LogP contribution in [0.5, 0.6) is 0 Å². The summed E-state index contributed by atoms with van der Waals surface area (Å²) >= 11 is -2.66. The van der Waals surface area contributed by atoms with Crippen LogP contribution in [-0.2, 0) is 0 Å². The minimum absolute atomic E-state index is 1.26. The molecule has 0 N–H and O–H groups in total. The Bertz CT molecular complexity index is 462. The van der Waals surface area contributed by atoms with Crippen LogP contribution in [0.15, 0.2) is 71.3 Å². The molecule has 1 heteroatoms. The van der Waals surface area contributed by atoms with E-state index in [0.29, 0.717) is 0 Å². The second kappa shape index (κ2) is 6.95. The summed E-state index contributed by atoms with van der Waals surface area (Å²) in [6.45, 7) is 6.51. The molecule has 0 amide bonds. The van der Waals surface area contributed by atoms with Crippen molar-refractivity contribution < 1.29 is 0 Å². The van der Waals surface area contributed by atoms with Gasteiger partial charge in [0.25, 0.3) is 0 Å². The summed E-state index contributed by atoms with van der Waals surface area (Å²) in [5, 5.41) is 0. The van der Waals surface area contributed by atoms with Crippen LogP contribution < -0.4 is 7.16 Å². The van der Waals surface area contributed by atoms with Gasteiger partial charge in [-0.1, -0.05) is 0 Å². The van der Waals surface area contributed by atoms with Gasteiger partial charge in [-0.05, 0) is 0 Å². The molecule has 0 aliphatic carbocycles. The van der Waals surface area contributed by atoms with Crippen molar-refractivity contribution in [3.8, 4) is 0 Å². The zero-order valence-corrected chi connectivity index (χ0v) is 14.5. The van der Waals surface area contributed by atoms with Gasteiger partial charge in [-0.15, -0.1) is 0 Å². The van der Waals surface area contributed by atoms with E-state index in [4.69, 9.17) is 0 Å². The first-order valence-corrected chi connectivity index (χ1v) is 13.6. The molecule has 0 atom stereocenters. The average Bonchev–Trinajstić information content (AvgIpc) is 2.51. The van der Waals surface area contributed by atoms with Crippen molar-refractivity contribution in [1.29, 1.82) is 0 Å². The number of hydrogen-bond donors (Lipinski definition) is 0. The number of unbranched alkanes of at least 4 members (excludes halogenated alkanes) is 1. The van der Waals surface area contributed by atoms with Gasteiger partial charge in [0, 0.05) is 0 Å². The Hall–Kier alpha value is -1.02. The van der Waals surface area contributed by atoms with Crippen LogP contribution in [0.25, 0.3) is 0 Å². The maximum atomic E-state index is 4.23. The van der Waals surface area contributed by atoms with Crippen LogP contribution in [0.4, 0.5) is 0 Å². The summed E-state index contributed by atoms with van der Waals surface area (Å²) in [4.78, 5) is 0. The Morgan fingerprint density at radius 2 is 1.37 bits per heavy atom. The summed E-state index contributed by atoms with van der Waals surface area (Å²) < 4.78 is 6.75. The van der Waals surface area contributed by atoms with Crippen LogP contribution in [0.3, 0.4) is 0 Å². The molecule has 0 bridgehead atoms. The minimum atomic E-state index is -2.66. The number of benzene rings is 2. The van der Waals surface area contributed by atoms with Crippen LogP contribution in [0.2, 0.25) is 4.44 Å². The van der Waals surface area contributed by atoms with E-state index in [2.05, 4.69) is 78.3 Å². The van der Waals surface area contributed by atoms with E-state index < -0.39 is 18.4 Å². The van der Waals surface area contributed by atoms with Crippen molar-refractivity contribution in [3.63, 3.8) is 0 Å². The van der Waals surface area contributed by atoms with E-state index >= 15 is 0 Å². The van der Waals surface area contributed by atoms with Crippen molar-refractivity contribution in [2.75, 3.05) is 0 Å². The van der Waals surface area contributed by atoms with Crippen LogP contribution in [0, 0.1) is 0 Å². The van der Waals surface area contributed by atoms with E-state index in [1.54, 1.807) is 7.16 Å². The molecule has 0 fully saturated rings. The fourth-order valence-electron chi connectivity index (χ4n) is 2.72. The molecule has 2 aromatic rings. The molecule has 0 spiro atoms. The molecule has 0 unspecified atom stereocenters. The summed E-state index contributed by atoms with van der Waals surface area (Å²) in [5.41, 5.74) is 0. The molecule has 0 radical (unpaired) electrons. The van der Waals surface area contributed by atoms with Gasteiger partial charge in [-0.25, -0.2) is 0 Å². The Morgan fingerprint density at radius 1 is 0.895 bits per heavy atom. The first-order valence-electron chi connectivity index (χ1n) is 7.08. The molecule has 0 aliphatic rings. The monoisotopic (exact) mass is 358 g/mol. The summed E-state index contributed by atoms with van der Waals surface area (Å²) in [6.07, 6.45) is 2.55. The van der Waals surface area contributed by atoms with Gasteiger partial charge in [0.05, 0.1) is 0 Å². The first-order chi connectivity index (χ1) is 9.33. The van der Waals surface area contributed by atoms with Gasteiger partial charge < -0.3 is 0 Å². The van der Waals surface area contributed by atoms with Crippen molar-refractivity contribution in [2.45, 2.75) is 24.2 Å². The Morgan fingerprint density at radius 3 is 1.74 bits per heavy atom. The molecular formula is C18H22Sn. The van der Waals surface area contributed by atoms with Gasteiger partial charge >= 0.3 is 121 Å². The second-order valence-electron chi connectivity index (χ2n) is 5.01. The van der Waals surface area contributed by atoms with Gasteiger partial charge in [-0.2, -0.15) is 0 Å². The molecule has 0 saturated carbocycles. The molecule has 0 nitrogen and oxygen atoms in total. The van der Waals surface area contributed by atoms with Crippen LogP contribution >= 0.6 is 0 Å². The van der Waals surface area contributed by atoms with Crippen LogP contribution in [0.1, 0.15) is 19.8 Å². The normalized spacial score (nSPS) is 11.2. The number of rotatable bonds is 6. The van der Waals surface area contributed by atoms with Crippen molar-refractivity contribution in [2.24, 2.45) is 0 Å². The predicted octanol–water partition coefficient (Wildman–Crippen LogP) is 3.77. The van der Waals surface area contributed by atoms with Gasteiger partial charge in [0.15, 0.2) is 0 Å². The fourth-order valence-corrected chi connectivity index (χ4v) is 14.3. The van der Waals surface area contributed by atoms with Crippen molar-refractivity contribution >= 4 is 25.5 Å². The third-order valence-corrected chi connectivity index (χ3v) is 16.9. The molecule has 19 heavy (non-hydrogen) atoms. The zero-order valence-electron chi connectivity index (χ0n) is 11.7. The molecule has 0 heterocycles. The average molecular weight is 357 g/mol. The molecule has 98 valence electrons. The van der Waals surface area contributed by atoms with Gasteiger partial charge in [0.2, 0.25) is 0 Å². The number of hydrogen-bond acceptors (Lipinski definition) is 0. The summed E-state index contributed by atoms with van der Waals surface area (Å²) in [5.74, 6) is 0. The van der Waals surface area contributed by atoms with E-state index in [-0.39, 0.29) is 0 Å². The van der Waals surface area contributed by atoms with E-state index in [9.17, 15) is 0 Å². The Kier molecular flexibility index (Phi) is 5.26. The third kappa shape index (κ3) is 3.11. The van der Waals surface area contributed by atoms with E-state index in [1.165, 1.54) is 17.3 Å². The molecule has 0 aromatic heterocycles. The molecule has 2 rings (SSSR count). The third-order valence-electron chi connectivity index (χ3n) is 3.85. The quantitative estimate of drug-likeness (QED) is 0.691. The van der Waals surface area contributed by atoms with Crippen molar-refractivity contribution in [1.82, 2.24) is 0 Å². The zero-order chi connectivity index (χ0) is 13.6. The van der Waals surface area contributed by atoms with Crippen molar-refractivity contribution in [3.05, 3.63) is 71.3 Å². The SMILES string of the molecule is C=[CH][Sn]([CH2]CCC)([c]1ccccc1)[c]1ccccc1. The molecule has 0 saturated heterocycles. The maximum absolute atomic E-state index is 4.23. The van der Waals surface area contributed by atoms with Crippen LogP contribution in [-0.4, -0.2) is 18.4 Å². The van der Waals surface area contributed by atoms with Gasteiger partial charge in [0.1, 0.15) is 0 Å². The topological polar surface area (TPSA) is 0 Å². The fraction of sp³-hybridized carbons (Fsp3) is 0.222. The molecule has 0 aliphatic heterocycles. The Balaban J connectivity index is 2.51. The Labute approximate surface area is 121 Å². The molecule has 2 aromatic carbocycles. The van der Waals surface area contributed by atoms with E-state index in [1.807, 2.05) is 0 Å². The summed E-state index contributed by atoms with van der Waals surface area (Å²) in [6, 6.07) is 22.1. The van der Waals surface area contributed by atoms with E-state index in [0.717, 1.165) is 0 Å². The van der Waals surface area contributed by atoms with Gasteiger partial charge in [-0.3, -0.25) is 0 Å². The predicted molar refractivity (Wildman–Crippen MR) is 87.8 cm³/mol. The standard InChI is InChI=1S/2C6H5.C4H9.C2H3.Sn/c2*1-2-4-6-5-3-1;1-3-4-2;1-2;/h2*1-5H;1,3-4H2,2H3;1H,2H2;. The summed E-state index contributed by atoms with van der Waals surface area (Å²) in [7, 11) is 0. The molecular weight excluding hydrogens is 335 g/mol.